The van der Waals surface area contributed by atoms with Crippen LogP contribution in [0.15, 0.2) is 35.8 Å². The van der Waals surface area contributed by atoms with Crippen LogP contribution in [0.4, 0.5) is 0 Å². The highest BCUT2D eigenvalue weighted by Gasteiger charge is 2.09. The van der Waals surface area contributed by atoms with Crippen LogP contribution >= 0.6 is 22.9 Å². The zero-order chi connectivity index (χ0) is 13.9. The number of imidazole rings is 1. The topological polar surface area (TPSA) is 26.5 Å². The van der Waals surface area contributed by atoms with Crippen LogP contribution in [0.5, 0.6) is 5.75 Å². The van der Waals surface area contributed by atoms with Gasteiger partial charge in [0.1, 0.15) is 5.75 Å². The molecule has 0 saturated carbocycles. The highest BCUT2D eigenvalue weighted by atomic mass is 35.5. The van der Waals surface area contributed by atoms with Crippen LogP contribution in [-0.4, -0.2) is 16.0 Å². The molecule has 3 rings (SSSR count). The lowest BCUT2D eigenvalue weighted by atomic mass is 10.1. The van der Waals surface area contributed by atoms with E-state index in [4.69, 9.17) is 16.3 Å². The van der Waals surface area contributed by atoms with Crippen LogP contribution < -0.4 is 4.74 Å². The smallest absolute Gasteiger partial charge is 0.194 e. The van der Waals surface area contributed by atoms with Crippen LogP contribution in [-0.2, 0) is 5.88 Å². The van der Waals surface area contributed by atoms with E-state index in [-0.39, 0.29) is 0 Å². The van der Waals surface area contributed by atoms with Crippen molar-refractivity contribution in [3.63, 3.8) is 0 Å². The van der Waals surface area contributed by atoms with Gasteiger partial charge in [-0.05, 0) is 36.2 Å². The van der Waals surface area contributed by atoms with E-state index in [9.17, 15) is 0 Å². The first-order valence-electron chi connectivity index (χ1n) is 6.56. The Labute approximate surface area is 126 Å². The largest absolute Gasteiger partial charge is 0.494 e. The number of aromatic nitrogens is 2. The van der Waals surface area contributed by atoms with Crippen molar-refractivity contribution in [1.29, 1.82) is 0 Å². The SMILES string of the molecule is CCCOc1ccc(-c2csc3nc(CCl)cn23)cc1. The minimum Gasteiger partial charge on any atom is -0.494 e. The minimum atomic E-state index is 0.442. The summed E-state index contributed by atoms with van der Waals surface area (Å²) in [7, 11) is 0. The minimum absolute atomic E-state index is 0.442. The summed E-state index contributed by atoms with van der Waals surface area (Å²) in [6.07, 6.45) is 3.01. The molecule has 0 unspecified atom stereocenters. The standard InChI is InChI=1S/C15H15ClN2OS/c1-2-7-19-13-5-3-11(4-6-13)14-10-20-15-17-12(8-16)9-18(14)15/h3-6,9-10H,2,7-8H2,1H3. The van der Waals surface area contributed by atoms with E-state index in [1.54, 1.807) is 11.3 Å². The molecule has 3 nitrogen and oxygen atoms in total. The first-order chi connectivity index (χ1) is 9.81. The van der Waals surface area contributed by atoms with Crippen molar-refractivity contribution in [2.45, 2.75) is 19.2 Å². The lowest BCUT2D eigenvalue weighted by Crippen LogP contribution is -1.94. The Morgan fingerprint density at radius 3 is 2.80 bits per heavy atom. The summed E-state index contributed by atoms with van der Waals surface area (Å²) in [4.78, 5) is 5.43. The van der Waals surface area contributed by atoms with Crippen LogP contribution in [0.1, 0.15) is 19.0 Å². The monoisotopic (exact) mass is 306 g/mol. The molecule has 0 aliphatic carbocycles. The Bertz CT molecular complexity index is 702. The zero-order valence-corrected chi connectivity index (χ0v) is 12.7. The van der Waals surface area contributed by atoms with Gasteiger partial charge in [0.15, 0.2) is 4.96 Å². The Morgan fingerprint density at radius 2 is 2.10 bits per heavy atom. The van der Waals surface area contributed by atoms with Gasteiger partial charge < -0.3 is 4.74 Å². The number of halogens is 1. The Kier molecular flexibility index (Phi) is 3.94. The van der Waals surface area contributed by atoms with Gasteiger partial charge in [-0.3, -0.25) is 4.40 Å². The van der Waals surface area contributed by atoms with Gasteiger partial charge in [0.2, 0.25) is 0 Å². The fourth-order valence-electron chi connectivity index (χ4n) is 2.04. The fraction of sp³-hybridized carbons (Fsp3) is 0.267. The van der Waals surface area contributed by atoms with E-state index in [1.165, 1.54) is 0 Å². The average Bonchev–Trinajstić information content (AvgIpc) is 3.05. The van der Waals surface area contributed by atoms with Crippen LogP contribution in [0.2, 0.25) is 0 Å². The summed E-state index contributed by atoms with van der Waals surface area (Å²) in [5.41, 5.74) is 3.19. The number of alkyl halides is 1. The molecular weight excluding hydrogens is 292 g/mol. The van der Waals surface area contributed by atoms with Crippen LogP contribution in [0, 0.1) is 0 Å². The van der Waals surface area contributed by atoms with Crippen molar-refractivity contribution in [3.8, 4) is 17.0 Å². The second-order valence-corrected chi connectivity index (χ2v) is 5.62. The predicted octanol–water partition coefficient (Wildman–Crippen LogP) is 4.59. The van der Waals surface area contributed by atoms with E-state index in [0.29, 0.717) is 5.88 Å². The van der Waals surface area contributed by atoms with Crippen molar-refractivity contribution >= 4 is 27.9 Å². The predicted molar refractivity (Wildman–Crippen MR) is 83.8 cm³/mol. The molecule has 20 heavy (non-hydrogen) atoms. The lowest BCUT2D eigenvalue weighted by Gasteiger charge is -2.05. The molecule has 0 saturated heterocycles. The summed E-state index contributed by atoms with van der Waals surface area (Å²) < 4.78 is 7.69. The molecule has 2 aromatic heterocycles. The first kappa shape index (κ1) is 13.5. The number of ether oxygens (including phenoxy) is 1. The molecule has 0 aliphatic rings. The summed E-state index contributed by atoms with van der Waals surface area (Å²) in [5.74, 6) is 1.35. The van der Waals surface area contributed by atoms with Crippen molar-refractivity contribution in [3.05, 3.63) is 41.5 Å². The Hall–Kier alpha value is -1.52. The number of hydrogen-bond acceptors (Lipinski definition) is 3. The molecule has 0 radical (unpaired) electrons. The summed E-state index contributed by atoms with van der Waals surface area (Å²) in [6, 6.07) is 8.17. The highest BCUT2D eigenvalue weighted by Crippen LogP contribution is 2.28. The van der Waals surface area contributed by atoms with Gasteiger partial charge in [0.25, 0.3) is 0 Å². The molecule has 0 spiro atoms. The van der Waals surface area contributed by atoms with E-state index in [1.807, 2.05) is 18.3 Å². The molecule has 0 N–H and O–H groups in total. The maximum Gasteiger partial charge on any atom is 0.194 e. The molecule has 104 valence electrons. The van der Waals surface area contributed by atoms with Crippen molar-refractivity contribution < 1.29 is 4.74 Å². The molecule has 0 amide bonds. The Balaban J connectivity index is 1.91. The number of rotatable bonds is 5. The number of nitrogens with zero attached hydrogens (tertiary/aromatic N) is 2. The third kappa shape index (κ3) is 2.53. The second kappa shape index (κ2) is 5.85. The summed E-state index contributed by atoms with van der Waals surface area (Å²) in [6.45, 7) is 2.85. The molecule has 0 atom stereocenters. The molecule has 0 fully saturated rings. The quantitative estimate of drug-likeness (QED) is 0.644. The number of hydrogen-bond donors (Lipinski definition) is 0. The van der Waals surface area contributed by atoms with E-state index < -0.39 is 0 Å². The van der Waals surface area contributed by atoms with Gasteiger partial charge in [-0.25, -0.2) is 4.98 Å². The van der Waals surface area contributed by atoms with Gasteiger partial charge in [0.05, 0.1) is 23.9 Å². The third-order valence-electron chi connectivity index (χ3n) is 3.02. The molecule has 5 heteroatoms. The Morgan fingerprint density at radius 1 is 1.30 bits per heavy atom. The van der Waals surface area contributed by atoms with Crippen molar-refractivity contribution in [1.82, 2.24) is 9.38 Å². The normalized spacial score (nSPS) is 11.1. The second-order valence-electron chi connectivity index (χ2n) is 4.51. The maximum atomic E-state index is 5.84. The van der Waals surface area contributed by atoms with E-state index in [2.05, 4.69) is 33.8 Å². The number of fused-ring (bicyclic) bond motifs is 1. The summed E-state index contributed by atoms with van der Waals surface area (Å²) in [5, 5.41) is 2.11. The first-order valence-corrected chi connectivity index (χ1v) is 7.98. The average molecular weight is 307 g/mol. The lowest BCUT2D eigenvalue weighted by molar-refractivity contribution is 0.317. The molecule has 2 heterocycles. The van der Waals surface area contributed by atoms with Gasteiger partial charge >= 0.3 is 0 Å². The molecule has 0 bridgehead atoms. The van der Waals surface area contributed by atoms with Crippen molar-refractivity contribution in [2.24, 2.45) is 0 Å². The fourth-order valence-corrected chi connectivity index (χ4v) is 3.07. The van der Waals surface area contributed by atoms with Gasteiger partial charge in [-0.2, -0.15) is 0 Å². The number of benzene rings is 1. The van der Waals surface area contributed by atoms with Crippen molar-refractivity contribution in [2.75, 3.05) is 6.61 Å². The zero-order valence-electron chi connectivity index (χ0n) is 11.2. The van der Waals surface area contributed by atoms with Gasteiger partial charge in [0, 0.05) is 11.6 Å². The molecular formula is C15H15ClN2OS. The highest BCUT2D eigenvalue weighted by molar-refractivity contribution is 7.15. The van der Waals surface area contributed by atoms with Gasteiger partial charge in [-0.1, -0.05) is 6.92 Å². The summed E-state index contributed by atoms with van der Waals surface area (Å²) >= 11 is 7.46. The molecule has 3 aromatic rings. The number of thiazole rings is 1. The van der Waals surface area contributed by atoms with E-state index in [0.717, 1.165) is 40.7 Å². The third-order valence-corrected chi connectivity index (χ3v) is 4.13. The van der Waals surface area contributed by atoms with Crippen LogP contribution in [0.25, 0.3) is 16.2 Å². The van der Waals surface area contributed by atoms with Gasteiger partial charge in [-0.15, -0.1) is 22.9 Å². The van der Waals surface area contributed by atoms with Crippen LogP contribution in [0.3, 0.4) is 0 Å². The molecule has 0 aliphatic heterocycles. The molecule has 1 aromatic carbocycles. The maximum absolute atomic E-state index is 5.84. The van der Waals surface area contributed by atoms with E-state index >= 15 is 0 Å².